The van der Waals surface area contributed by atoms with E-state index in [0.717, 1.165) is 19.4 Å². The van der Waals surface area contributed by atoms with Crippen LogP contribution in [0.4, 0.5) is 0 Å². The number of carbonyl (C=O) groups is 1. The number of furan rings is 1. The second kappa shape index (κ2) is 6.42. The van der Waals surface area contributed by atoms with Crippen molar-refractivity contribution in [3.63, 3.8) is 0 Å². The maximum atomic E-state index is 11.9. The molecule has 0 aliphatic carbocycles. The highest BCUT2D eigenvalue weighted by atomic mass is 79.9. The van der Waals surface area contributed by atoms with Crippen LogP contribution < -0.4 is 10.6 Å². The van der Waals surface area contributed by atoms with Gasteiger partial charge in [0.1, 0.15) is 0 Å². The molecule has 1 aromatic heterocycles. The topological polar surface area (TPSA) is 54.3 Å². The first-order chi connectivity index (χ1) is 7.68. The van der Waals surface area contributed by atoms with Crippen molar-refractivity contribution in [2.75, 3.05) is 6.54 Å². The molecule has 2 heterocycles. The van der Waals surface area contributed by atoms with Crippen molar-refractivity contribution in [3.8, 4) is 0 Å². The van der Waals surface area contributed by atoms with Crippen molar-refractivity contribution >= 4 is 34.2 Å². The Kier molecular flexibility index (Phi) is 5.49. The van der Waals surface area contributed by atoms with Crippen LogP contribution in [0.3, 0.4) is 0 Å². The summed E-state index contributed by atoms with van der Waals surface area (Å²) >= 11 is 3.28. The zero-order chi connectivity index (χ0) is 11.5. The van der Waals surface area contributed by atoms with E-state index in [9.17, 15) is 4.79 Å². The molecule has 4 nitrogen and oxygen atoms in total. The predicted molar refractivity (Wildman–Crippen MR) is 71.6 cm³/mol. The molecular formula is C11H16BrClN2O2. The van der Waals surface area contributed by atoms with Gasteiger partial charge < -0.3 is 15.1 Å². The average Bonchev–Trinajstić information content (AvgIpc) is 2.68. The summed E-state index contributed by atoms with van der Waals surface area (Å²) in [5.74, 6) is 0.190. The lowest BCUT2D eigenvalue weighted by Gasteiger charge is -2.30. The Morgan fingerprint density at radius 3 is 3.00 bits per heavy atom. The first kappa shape index (κ1) is 14.5. The van der Waals surface area contributed by atoms with Gasteiger partial charge in [-0.15, -0.1) is 12.4 Å². The first-order valence-corrected chi connectivity index (χ1v) is 6.25. The number of amides is 1. The van der Waals surface area contributed by atoms with Gasteiger partial charge >= 0.3 is 0 Å². The predicted octanol–water partition coefficient (Wildman–Crippen LogP) is 2.33. The van der Waals surface area contributed by atoms with Crippen LogP contribution >= 0.6 is 28.3 Å². The number of piperidine rings is 1. The molecule has 0 saturated carbocycles. The van der Waals surface area contributed by atoms with Gasteiger partial charge in [0.25, 0.3) is 5.91 Å². The van der Waals surface area contributed by atoms with Gasteiger partial charge in [-0.05, 0) is 48.3 Å². The molecule has 1 aliphatic heterocycles. The van der Waals surface area contributed by atoms with Crippen molar-refractivity contribution in [1.29, 1.82) is 0 Å². The standard InChI is InChI=1S/C11H15BrN2O2.ClH/c1-7-9(3-2-5-13-7)14-11(15)10-8(12)4-6-16-10;/h4,6-7,9,13H,2-3,5H2,1H3,(H,14,15);1H. The summed E-state index contributed by atoms with van der Waals surface area (Å²) in [6.07, 6.45) is 3.61. The fraction of sp³-hybridized carbons (Fsp3) is 0.545. The molecule has 0 radical (unpaired) electrons. The Labute approximate surface area is 115 Å². The fourth-order valence-electron chi connectivity index (χ4n) is 1.93. The number of hydrogen-bond donors (Lipinski definition) is 2. The largest absolute Gasteiger partial charge is 0.458 e. The van der Waals surface area contributed by atoms with E-state index in [-0.39, 0.29) is 24.4 Å². The molecule has 2 rings (SSSR count). The number of halogens is 2. The van der Waals surface area contributed by atoms with E-state index in [1.54, 1.807) is 6.07 Å². The van der Waals surface area contributed by atoms with E-state index in [4.69, 9.17) is 4.42 Å². The van der Waals surface area contributed by atoms with Gasteiger partial charge in [-0.25, -0.2) is 0 Å². The van der Waals surface area contributed by atoms with E-state index in [1.807, 2.05) is 0 Å². The molecule has 1 aromatic rings. The normalized spacial score (nSPS) is 23.9. The van der Waals surface area contributed by atoms with Crippen molar-refractivity contribution in [3.05, 3.63) is 22.6 Å². The fourth-order valence-corrected chi connectivity index (χ4v) is 2.31. The SMILES string of the molecule is CC1NCCCC1NC(=O)c1occc1Br.Cl. The van der Waals surface area contributed by atoms with Crippen LogP contribution in [0.15, 0.2) is 21.2 Å². The summed E-state index contributed by atoms with van der Waals surface area (Å²) in [6, 6.07) is 2.21. The monoisotopic (exact) mass is 322 g/mol. The molecule has 2 atom stereocenters. The maximum Gasteiger partial charge on any atom is 0.288 e. The smallest absolute Gasteiger partial charge is 0.288 e. The summed E-state index contributed by atoms with van der Waals surface area (Å²) in [6.45, 7) is 3.11. The van der Waals surface area contributed by atoms with Crippen LogP contribution in [0.1, 0.15) is 30.3 Å². The molecule has 0 spiro atoms. The van der Waals surface area contributed by atoms with Gasteiger partial charge in [-0.3, -0.25) is 4.79 Å². The summed E-state index contributed by atoms with van der Waals surface area (Å²) < 4.78 is 5.82. The van der Waals surface area contributed by atoms with Gasteiger partial charge in [-0.2, -0.15) is 0 Å². The molecule has 6 heteroatoms. The highest BCUT2D eigenvalue weighted by Gasteiger charge is 2.24. The van der Waals surface area contributed by atoms with Gasteiger partial charge in [0, 0.05) is 12.1 Å². The van der Waals surface area contributed by atoms with Gasteiger partial charge in [0.15, 0.2) is 0 Å². The highest BCUT2D eigenvalue weighted by molar-refractivity contribution is 9.10. The molecule has 17 heavy (non-hydrogen) atoms. The molecule has 0 bridgehead atoms. The zero-order valence-electron chi connectivity index (χ0n) is 9.53. The second-order valence-corrected chi connectivity index (χ2v) is 4.92. The first-order valence-electron chi connectivity index (χ1n) is 5.45. The highest BCUT2D eigenvalue weighted by Crippen LogP contribution is 2.18. The minimum Gasteiger partial charge on any atom is -0.458 e. The molecular weight excluding hydrogens is 307 g/mol. The quantitative estimate of drug-likeness (QED) is 0.878. The van der Waals surface area contributed by atoms with Crippen molar-refractivity contribution in [2.24, 2.45) is 0 Å². The lowest BCUT2D eigenvalue weighted by molar-refractivity contribution is 0.0890. The molecule has 1 saturated heterocycles. The summed E-state index contributed by atoms with van der Waals surface area (Å²) in [4.78, 5) is 11.9. The number of rotatable bonds is 2. The Morgan fingerprint density at radius 2 is 2.41 bits per heavy atom. The van der Waals surface area contributed by atoms with Gasteiger partial charge in [0.2, 0.25) is 5.76 Å². The molecule has 0 aromatic carbocycles. The van der Waals surface area contributed by atoms with Crippen LogP contribution in [0, 0.1) is 0 Å². The molecule has 1 amide bonds. The van der Waals surface area contributed by atoms with Crippen molar-refractivity contribution < 1.29 is 9.21 Å². The third kappa shape index (κ3) is 3.47. The van der Waals surface area contributed by atoms with Crippen molar-refractivity contribution in [2.45, 2.75) is 31.8 Å². The summed E-state index contributed by atoms with van der Waals surface area (Å²) in [7, 11) is 0. The Bertz CT molecular complexity index is 383. The maximum absolute atomic E-state index is 11.9. The third-order valence-corrected chi connectivity index (χ3v) is 3.53. The van der Waals surface area contributed by atoms with E-state index >= 15 is 0 Å². The van der Waals surface area contributed by atoms with E-state index in [0.29, 0.717) is 16.3 Å². The second-order valence-electron chi connectivity index (χ2n) is 4.06. The Balaban J connectivity index is 0.00000144. The Hall–Kier alpha value is -0.520. The lowest BCUT2D eigenvalue weighted by atomic mass is 10.00. The lowest BCUT2D eigenvalue weighted by Crippen LogP contribution is -2.51. The molecule has 1 fully saturated rings. The van der Waals surface area contributed by atoms with E-state index in [2.05, 4.69) is 33.5 Å². The van der Waals surface area contributed by atoms with Crippen LogP contribution in [0.25, 0.3) is 0 Å². The van der Waals surface area contributed by atoms with E-state index in [1.165, 1.54) is 6.26 Å². The average molecular weight is 324 g/mol. The molecule has 2 N–H and O–H groups in total. The van der Waals surface area contributed by atoms with Gasteiger partial charge in [-0.1, -0.05) is 0 Å². The minimum atomic E-state index is -0.155. The minimum absolute atomic E-state index is 0. The number of carbonyl (C=O) groups excluding carboxylic acids is 1. The zero-order valence-corrected chi connectivity index (χ0v) is 11.9. The van der Waals surface area contributed by atoms with Crippen LogP contribution in [-0.2, 0) is 0 Å². The van der Waals surface area contributed by atoms with Gasteiger partial charge in [0.05, 0.1) is 10.7 Å². The molecule has 2 unspecified atom stereocenters. The Morgan fingerprint density at radius 1 is 1.65 bits per heavy atom. The number of hydrogen-bond acceptors (Lipinski definition) is 3. The van der Waals surface area contributed by atoms with Crippen molar-refractivity contribution in [1.82, 2.24) is 10.6 Å². The molecule has 1 aliphatic rings. The molecule has 96 valence electrons. The summed E-state index contributed by atoms with van der Waals surface area (Å²) in [5, 5.41) is 6.33. The van der Waals surface area contributed by atoms with Crippen LogP contribution in [-0.4, -0.2) is 24.5 Å². The van der Waals surface area contributed by atoms with Crippen LogP contribution in [0.5, 0.6) is 0 Å². The third-order valence-electron chi connectivity index (χ3n) is 2.90. The van der Waals surface area contributed by atoms with E-state index < -0.39 is 0 Å². The van der Waals surface area contributed by atoms with Crippen LogP contribution in [0.2, 0.25) is 0 Å². The number of nitrogens with one attached hydrogen (secondary N) is 2. The summed E-state index contributed by atoms with van der Waals surface area (Å²) in [5.41, 5.74) is 0.